The number of aliphatic hydroxyl groups excluding tert-OH is 4. The van der Waals surface area contributed by atoms with Gasteiger partial charge in [0.05, 0.1) is 18.3 Å². The molecule has 0 rings (SSSR count). The molecule has 0 bridgehead atoms. The minimum Gasteiger partial charge on any atom is -0.396 e. The Labute approximate surface area is 85.2 Å². The third kappa shape index (κ3) is 7.26. The van der Waals surface area contributed by atoms with E-state index in [2.05, 4.69) is 0 Å². The summed E-state index contributed by atoms with van der Waals surface area (Å²) in [5.41, 5.74) is 0. The van der Waals surface area contributed by atoms with Crippen LogP contribution in [0.2, 0.25) is 0 Å². The van der Waals surface area contributed by atoms with E-state index >= 15 is 0 Å². The highest BCUT2D eigenvalue weighted by atomic mass is 16.3. The fourth-order valence-electron chi connectivity index (χ4n) is 1.34. The van der Waals surface area contributed by atoms with E-state index in [1.54, 1.807) is 0 Å². The molecule has 0 radical (unpaired) electrons. The second-order valence-corrected chi connectivity index (χ2v) is 3.71. The summed E-state index contributed by atoms with van der Waals surface area (Å²) in [4.78, 5) is 0. The lowest BCUT2D eigenvalue weighted by Gasteiger charge is -2.17. The summed E-state index contributed by atoms with van der Waals surface area (Å²) < 4.78 is 0. The minimum atomic E-state index is -0.654. The van der Waals surface area contributed by atoms with Gasteiger partial charge in [0.15, 0.2) is 0 Å². The standard InChI is InChI=1S/C10H22O4/c1-2-8(12)6-10(14)7-9(13)4-3-5-11/h8-14H,2-7H2,1H3. The molecule has 0 saturated heterocycles. The van der Waals surface area contributed by atoms with Crippen molar-refractivity contribution in [1.29, 1.82) is 0 Å². The molecule has 4 heteroatoms. The Balaban J connectivity index is 3.54. The van der Waals surface area contributed by atoms with Crippen LogP contribution < -0.4 is 0 Å². The Bertz CT molecular complexity index is 129. The van der Waals surface area contributed by atoms with Gasteiger partial charge in [-0.2, -0.15) is 0 Å². The summed E-state index contributed by atoms with van der Waals surface area (Å²) in [5.74, 6) is 0. The first-order chi connectivity index (χ1) is 6.60. The summed E-state index contributed by atoms with van der Waals surface area (Å²) in [6, 6.07) is 0. The summed E-state index contributed by atoms with van der Waals surface area (Å²) in [6.45, 7) is 1.91. The van der Waals surface area contributed by atoms with E-state index in [9.17, 15) is 15.3 Å². The quantitative estimate of drug-likeness (QED) is 0.452. The second kappa shape index (κ2) is 8.17. The van der Waals surface area contributed by atoms with Crippen LogP contribution in [0.3, 0.4) is 0 Å². The van der Waals surface area contributed by atoms with Gasteiger partial charge in [-0.1, -0.05) is 6.92 Å². The Kier molecular flexibility index (Phi) is 8.08. The first kappa shape index (κ1) is 13.8. The van der Waals surface area contributed by atoms with E-state index in [1.807, 2.05) is 6.92 Å². The lowest BCUT2D eigenvalue weighted by atomic mass is 10.0. The van der Waals surface area contributed by atoms with Crippen molar-refractivity contribution in [3.05, 3.63) is 0 Å². The van der Waals surface area contributed by atoms with Gasteiger partial charge in [-0.3, -0.25) is 0 Å². The van der Waals surface area contributed by atoms with Crippen LogP contribution >= 0.6 is 0 Å². The zero-order chi connectivity index (χ0) is 11.0. The van der Waals surface area contributed by atoms with Crippen molar-refractivity contribution < 1.29 is 20.4 Å². The van der Waals surface area contributed by atoms with Gasteiger partial charge in [-0.15, -0.1) is 0 Å². The van der Waals surface area contributed by atoms with Crippen molar-refractivity contribution in [1.82, 2.24) is 0 Å². The second-order valence-electron chi connectivity index (χ2n) is 3.71. The molecule has 0 aromatic rings. The van der Waals surface area contributed by atoms with Gasteiger partial charge < -0.3 is 20.4 Å². The summed E-state index contributed by atoms with van der Waals surface area (Å²) in [7, 11) is 0. The van der Waals surface area contributed by atoms with Crippen LogP contribution in [0.5, 0.6) is 0 Å². The van der Waals surface area contributed by atoms with Crippen molar-refractivity contribution >= 4 is 0 Å². The number of aliphatic hydroxyl groups is 4. The summed E-state index contributed by atoms with van der Waals surface area (Å²) in [6.07, 6.45) is 0.517. The Morgan fingerprint density at radius 1 is 0.929 bits per heavy atom. The van der Waals surface area contributed by atoms with E-state index in [4.69, 9.17) is 5.11 Å². The minimum absolute atomic E-state index is 0.0603. The van der Waals surface area contributed by atoms with E-state index in [-0.39, 0.29) is 13.0 Å². The fourth-order valence-corrected chi connectivity index (χ4v) is 1.34. The third-order valence-electron chi connectivity index (χ3n) is 2.26. The molecular weight excluding hydrogens is 184 g/mol. The molecule has 0 spiro atoms. The largest absolute Gasteiger partial charge is 0.396 e. The molecule has 0 aliphatic carbocycles. The zero-order valence-electron chi connectivity index (χ0n) is 8.76. The van der Waals surface area contributed by atoms with Crippen LogP contribution in [0, 0.1) is 0 Å². The van der Waals surface area contributed by atoms with Gasteiger partial charge in [0.2, 0.25) is 0 Å². The smallest absolute Gasteiger partial charge is 0.0589 e. The fraction of sp³-hybridized carbons (Fsp3) is 1.00. The predicted molar refractivity (Wildman–Crippen MR) is 53.9 cm³/mol. The van der Waals surface area contributed by atoms with Crippen molar-refractivity contribution in [2.45, 2.75) is 57.3 Å². The first-order valence-electron chi connectivity index (χ1n) is 5.25. The van der Waals surface area contributed by atoms with E-state index in [1.165, 1.54) is 0 Å². The topological polar surface area (TPSA) is 80.9 Å². The molecule has 0 saturated carbocycles. The van der Waals surface area contributed by atoms with Crippen molar-refractivity contribution in [3.63, 3.8) is 0 Å². The van der Waals surface area contributed by atoms with E-state index < -0.39 is 18.3 Å². The third-order valence-corrected chi connectivity index (χ3v) is 2.26. The molecule has 0 fully saturated rings. The first-order valence-corrected chi connectivity index (χ1v) is 5.25. The molecular formula is C10H22O4. The highest BCUT2D eigenvalue weighted by Crippen LogP contribution is 2.10. The number of hydrogen-bond acceptors (Lipinski definition) is 4. The molecule has 0 amide bonds. The average Bonchev–Trinajstić information content (AvgIpc) is 2.14. The van der Waals surface area contributed by atoms with Gasteiger partial charge in [0.1, 0.15) is 0 Å². The SMILES string of the molecule is CCC(O)CC(O)CC(O)CCCO. The van der Waals surface area contributed by atoms with Crippen LogP contribution in [-0.4, -0.2) is 45.3 Å². The maximum atomic E-state index is 9.44. The van der Waals surface area contributed by atoms with Crippen LogP contribution in [0.25, 0.3) is 0 Å². The molecule has 3 atom stereocenters. The molecule has 0 aromatic carbocycles. The highest BCUT2D eigenvalue weighted by Gasteiger charge is 2.14. The van der Waals surface area contributed by atoms with Gasteiger partial charge in [0, 0.05) is 6.61 Å². The van der Waals surface area contributed by atoms with Gasteiger partial charge in [-0.05, 0) is 32.1 Å². The molecule has 0 aliphatic heterocycles. The molecule has 86 valence electrons. The Morgan fingerprint density at radius 3 is 2.00 bits per heavy atom. The van der Waals surface area contributed by atoms with Crippen LogP contribution in [-0.2, 0) is 0 Å². The molecule has 4 nitrogen and oxygen atoms in total. The summed E-state index contributed by atoms with van der Waals surface area (Å²) in [5, 5.41) is 36.6. The van der Waals surface area contributed by atoms with Crippen molar-refractivity contribution in [2.24, 2.45) is 0 Å². The Morgan fingerprint density at radius 2 is 1.50 bits per heavy atom. The molecule has 0 aromatic heterocycles. The molecule has 4 N–H and O–H groups in total. The summed E-state index contributed by atoms with van der Waals surface area (Å²) >= 11 is 0. The van der Waals surface area contributed by atoms with Crippen molar-refractivity contribution in [3.8, 4) is 0 Å². The zero-order valence-corrected chi connectivity index (χ0v) is 8.76. The Hall–Kier alpha value is -0.160. The van der Waals surface area contributed by atoms with Gasteiger partial charge in [0.25, 0.3) is 0 Å². The average molecular weight is 206 g/mol. The normalized spacial score (nSPS) is 17.8. The maximum Gasteiger partial charge on any atom is 0.0589 e. The van der Waals surface area contributed by atoms with Crippen LogP contribution in [0.1, 0.15) is 39.0 Å². The lowest BCUT2D eigenvalue weighted by Crippen LogP contribution is -2.22. The number of rotatable bonds is 8. The van der Waals surface area contributed by atoms with E-state index in [0.29, 0.717) is 25.7 Å². The number of hydrogen-bond donors (Lipinski definition) is 4. The highest BCUT2D eigenvalue weighted by molar-refractivity contribution is 4.67. The van der Waals surface area contributed by atoms with Crippen LogP contribution in [0.15, 0.2) is 0 Å². The van der Waals surface area contributed by atoms with Crippen LogP contribution in [0.4, 0.5) is 0 Å². The van der Waals surface area contributed by atoms with Gasteiger partial charge in [-0.25, -0.2) is 0 Å². The molecule has 0 heterocycles. The molecule has 0 aliphatic rings. The van der Waals surface area contributed by atoms with Crippen molar-refractivity contribution in [2.75, 3.05) is 6.61 Å². The lowest BCUT2D eigenvalue weighted by molar-refractivity contribution is 0.0343. The van der Waals surface area contributed by atoms with E-state index in [0.717, 1.165) is 0 Å². The maximum absolute atomic E-state index is 9.44. The monoisotopic (exact) mass is 206 g/mol. The van der Waals surface area contributed by atoms with Gasteiger partial charge >= 0.3 is 0 Å². The predicted octanol–water partition coefficient (Wildman–Crippen LogP) is 0.0318. The molecule has 14 heavy (non-hydrogen) atoms. The molecule has 3 unspecified atom stereocenters.